The number of fused-ring (bicyclic) bond motifs is 1. The zero-order chi connectivity index (χ0) is 14.9. The van der Waals surface area contributed by atoms with Crippen LogP contribution in [0.2, 0.25) is 0 Å². The molecule has 0 bridgehead atoms. The van der Waals surface area contributed by atoms with Crippen LogP contribution in [-0.4, -0.2) is 43.4 Å². The molecule has 0 aromatic carbocycles. The molecule has 1 N–H and O–H groups in total. The Morgan fingerprint density at radius 2 is 2.00 bits per heavy atom. The lowest BCUT2D eigenvalue weighted by atomic mass is 9.95. The van der Waals surface area contributed by atoms with Gasteiger partial charge >= 0.3 is 12.1 Å². The van der Waals surface area contributed by atoms with Crippen LogP contribution in [0.3, 0.4) is 0 Å². The molecule has 0 radical (unpaired) electrons. The van der Waals surface area contributed by atoms with Crippen molar-refractivity contribution in [1.82, 2.24) is 5.32 Å². The molecular weight excluding hydrogens is 262 g/mol. The number of rotatable bonds is 2. The van der Waals surface area contributed by atoms with E-state index in [2.05, 4.69) is 15.5 Å². The topological polar surface area (TPSA) is 89.3 Å². The van der Waals surface area contributed by atoms with E-state index in [0.717, 1.165) is 0 Å². The predicted molar refractivity (Wildman–Crippen MR) is 70.3 cm³/mol. The summed E-state index contributed by atoms with van der Waals surface area (Å²) in [6.07, 6.45) is 0.0224. The Morgan fingerprint density at radius 1 is 1.30 bits per heavy atom. The van der Waals surface area contributed by atoms with Crippen molar-refractivity contribution in [2.75, 3.05) is 13.7 Å². The number of carbonyl (C=O) groups excluding carboxylic acids is 2. The summed E-state index contributed by atoms with van der Waals surface area (Å²) < 4.78 is 10.0. The Balaban J connectivity index is 2.00. The van der Waals surface area contributed by atoms with E-state index in [1.807, 2.05) is 0 Å². The Hall–Kier alpha value is -1.66. The summed E-state index contributed by atoms with van der Waals surface area (Å²) in [4.78, 5) is 23.6. The SMILES string of the molecule is COC(=O)[C@H]1C[C@@H](NC(=O)OC(C)(C)C)[C@@H]2N=NC[C@@H]21. The average Bonchev–Trinajstić information content (AvgIpc) is 2.89. The van der Waals surface area contributed by atoms with Gasteiger partial charge in [0.2, 0.25) is 0 Å². The molecule has 112 valence electrons. The summed E-state index contributed by atoms with van der Waals surface area (Å²) in [6, 6.07) is -0.392. The molecule has 7 nitrogen and oxygen atoms in total. The van der Waals surface area contributed by atoms with Crippen LogP contribution in [0.5, 0.6) is 0 Å². The van der Waals surface area contributed by atoms with Crippen molar-refractivity contribution in [3.05, 3.63) is 0 Å². The van der Waals surface area contributed by atoms with Gasteiger partial charge in [0.25, 0.3) is 0 Å². The van der Waals surface area contributed by atoms with Crippen molar-refractivity contribution in [2.45, 2.75) is 44.9 Å². The van der Waals surface area contributed by atoms with Gasteiger partial charge in [0, 0.05) is 5.92 Å². The number of azo groups is 1. The van der Waals surface area contributed by atoms with Crippen molar-refractivity contribution in [1.29, 1.82) is 0 Å². The molecular formula is C13H21N3O4. The first-order valence-corrected chi connectivity index (χ1v) is 6.76. The second kappa shape index (κ2) is 5.38. The van der Waals surface area contributed by atoms with E-state index < -0.39 is 11.7 Å². The van der Waals surface area contributed by atoms with Crippen LogP contribution in [0.25, 0.3) is 0 Å². The number of nitrogens with one attached hydrogen (secondary N) is 1. The van der Waals surface area contributed by atoms with Crippen LogP contribution in [0, 0.1) is 11.8 Å². The van der Waals surface area contributed by atoms with Gasteiger partial charge in [0.15, 0.2) is 0 Å². The van der Waals surface area contributed by atoms with Crippen molar-refractivity contribution in [3.63, 3.8) is 0 Å². The summed E-state index contributed by atoms with van der Waals surface area (Å²) in [5, 5.41) is 10.9. The molecule has 0 unspecified atom stereocenters. The third-order valence-electron chi connectivity index (χ3n) is 3.59. The summed E-state index contributed by atoms with van der Waals surface area (Å²) >= 11 is 0. The summed E-state index contributed by atoms with van der Waals surface area (Å²) in [7, 11) is 1.37. The lowest BCUT2D eigenvalue weighted by Crippen LogP contribution is -2.42. The van der Waals surface area contributed by atoms with Crippen molar-refractivity contribution in [3.8, 4) is 0 Å². The smallest absolute Gasteiger partial charge is 0.407 e. The second-order valence-electron chi connectivity index (χ2n) is 6.21. The van der Waals surface area contributed by atoms with Gasteiger partial charge in [0.05, 0.1) is 31.7 Å². The molecule has 20 heavy (non-hydrogen) atoms. The van der Waals surface area contributed by atoms with Gasteiger partial charge < -0.3 is 14.8 Å². The first-order valence-electron chi connectivity index (χ1n) is 6.76. The lowest BCUT2D eigenvalue weighted by molar-refractivity contribution is -0.146. The van der Waals surface area contributed by atoms with Crippen LogP contribution in [-0.2, 0) is 14.3 Å². The highest BCUT2D eigenvalue weighted by Gasteiger charge is 2.50. The molecule has 2 aliphatic rings. The zero-order valence-electron chi connectivity index (χ0n) is 12.3. The van der Waals surface area contributed by atoms with Crippen LogP contribution in [0.15, 0.2) is 10.2 Å². The van der Waals surface area contributed by atoms with Gasteiger partial charge in [-0.05, 0) is 27.2 Å². The van der Waals surface area contributed by atoms with E-state index in [-0.39, 0.29) is 29.9 Å². The highest BCUT2D eigenvalue weighted by atomic mass is 16.6. The number of ether oxygens (including phenoxy) is 2. The molecule has 1 saturated carbocycles. The molecule has 0 spiro atoms. The highest BCUT2D eigenvalue weighted by molar-refractivity contribution is 5.74. The number of amides is 1. The van der Waals surface area contributed by atoms with Gasteiger partial charge in [-0.15, -0.1) is 0 Å². The number of carbonyl (C=O) groups is 2. The number of alkyl carbamates (subject to hydrolysis) is 1. The van der Waals surface area contributed by atoms with Crippen molar-refractivity contribution < 1.29 is 19.1 Å². The fourth-order valence-corrected chi connectivity index (χ4v) is 2.79. The average molecular weight is 283 g/mol. The largest absolute Gasteiger partial charge is 0.469 e. The molecule has 1 heterocycles. The standard InChI is InChI=1S/C13H21N3O4/c1-13(2,3)20-12(18)15-9-5-7(11(17)19-4)8-6-14-16-10(8)9/h7-10H,5-6H2,1-4H3,(H,15,18)/t7-,8+,9+,10+/m0/s1. The van der Waals surface area contributed by atoms with Crippen molar-refractivity contribution in [2.24, 2.45) is 22.1 Å². The molecule has 0 aromatic heterocycles. The third kappa shape index (κ3) is 3.08. The number of hydrogen-bond donors (Lipinski definition) is 1. The zero-order valence-corrected chi connectivity index (χ0v) is 12.3. The quantitative estimate of drug-likeness (QED) is 0.778. The van der Waals surface area contributed by atoms with E-state index >= 15 is 0 Å². The van der Waals surface area contributed by atoms with Crippen molar-refractivity contribution >= 4 is 12.1 Å². The minimum atomic E-state index is -0.555. The normalized spacial score (nSPS) is 31.8. The molecule has 0 saturated heterocycles. The van der Waals surface area contributed by atoms with Gasteiger partial charge in [-0.25, -0.2) is 4.79 Å². The van der Waals surface area contributed by atoms with E-state index in [4.69, 9.17) is 9.47 Å². The number of esters is 1. The first-order chi connectivity index (χ1) is 9.31. The summed E-state index contributed by atoms with van der Waals surface area (Å²) in [6.45, 7) is 5.92. The Morgan fingerprint density at radius 3 is 2.60 bits per heavy atom. The Labute approximate surface area is 118 Å². The molecule has 1 amide bonds. The van der Waals surface area contributed by atoms with Gasteiger partial charge in [0.1, 0.15) is 5.60 Å². The Kier molecular flexibility index (Phi) is 3.96. The maximum Gasteiger partial charge on any atom is 0.407 e. The molecule has 2 rings (SSSR count). The Bertz CT molecular complexity index is 430. The van der Waals surface area contributed by atoms with E-state index in [9.17, 15) is 9.59 Å². The molecule has 7 heteroatoms. The minimum Gasteiger partial charge on any atom is -0.469 e. The van der Waals surface area contributed by atoms with Crippen LogP contribution < -0.4 is 5.32 Å². The van der Waals surface area contributed by atoms with Crippen LogP contribution in [0.4, 0.5) is 4.79 Å². The van der Waals surface area contributed by atoms with E-state index in [0.29, 0.717) is 13.0 Å². The maximum absolute atomic E-state index is 11.8. The van der Waals surface area contributed by atoms with E-state index in [1.54, 1.807) is 20.8 Å². The molecule has 1 aliphatic carbocycles. The molecule has 1 fully saturated rings. The maximum atomic E-state index is 11.8. The van der Waals surface area contributed by atoms with Gasteiger partial charge in [-0.3, -0.25) is 4.79 Å². The van der Waals surface area contributed by atoms with Gasteiger partial charge in [-0.1, -0.05) is 0 Å². The number of hydrogen-bond acceptors (Lipinski definition) is 6. The number of nitrogens with zero attached hydrogens (tertiary/aromatic N) is 2. The number of methoxy groups -OCH3 is 1. The van der Waals surface area contributed by atoms with Gasteiger partial charge in [-0.2, -0.15) is 10.2 Å². The first kappa shape index (κ1) is 14.7. The summed E-state index contributed by atoms with van der Waals surface area (Å²) in [5.41, 5.74) is -0.555. The lowest BCUT2D eigenvalue weighted by Gasteiger charge is -2.22. The van der Waals surface area contributed by atoms with Crippen LogP contribution >= 0.6 is 0 Å². The fraction of sp³-hybridized carbons (Fsp3) is 0.846. The van der Waals surface area contributed by atoms with Crippen LogP contribution in [0.1, 0.15) is 27.2 Å². The highest BCUT2D eigenvalue weighted by Crippen LogP contribution is 2.39. The second-order valence-corrected chi connectivity index (χ2v) is 6.21. The minimum absolute atomic E-state index is 0.0161. The molecule has 0 aromatic rings. The molecule has 1 aliphatic heterocycles. The third-order valence-corrected chi connectivity index (χ3v) is 3.59. The van der Waals surface area contributed by atoms with E-state index in [1.165, 1.54) is 7.11 Å². The molecule has 4 atom stereocenters. The summed E-state index contributed by atoms with van der Waals surface area (Å²) in [5.74, 6) is -0.511. The fourth-order valence-electron chi connectivity index (χ4n) is 2.79. The predicted octanol–water partition coefficient (Wildman–Crippen LogP) is 1.52. The monoisotopic (exact) mass is 283 g/mol.